The first-order valence-electron chi connectivity index (χ1n) is 1.59. The lowest BCUT2D eigenvalue weighted by Gasteiger charge is -1.65. The van der Waals surface area contributed by atoms with Crippen molar-refractivity contribution < 1.29 is 5.43 Å². The SMILES string of the molecule is NC1=C[NH2+]N=N1. The molecular weight excluding hydrogens is 80.0 g/mol. The average molecular weight is 85.1 g/mol. The van der Waals surface area contributed by atoms with Crippen molar-refractivity contribution in [3.05, 3.63) is 12.0 Å². The molecule has 0 aromatic carbocycles. The maximum atomic E-state index is 5.10. The molecule has 32 valence electrons. The molecule has 0 atom stereocenters. The summed E-state index contributed by atoms with van der Waals surface area (Å²) in [7, 11) is 0. The van der Waals surface area contributed by atoms with Crippen molar-refractivity contribution in [1.82, 2.24) is 0 Å². The maximum Gasteiger partial charge on any atom is 0.207 e. The van der Waals surface area contributed by atoms with Crippen LogP contribution in [0.15, 0.2) is 22.4 Å². The lowest BCUT2D eigenvalue weighted by Crippen LogP contribution is -2.69. The van der Waals surface area contributed by atoms with Gasteiger partial charge in [0.15, 0.2) is 6.20 Å². The number of nitrogens with zero attached hydrogens (tertiary/aromatic N) is 2. The van der Waals surface area contributed by atoms with E-state index >= 15 is 0 Å². The van der Waals surface area contributed by atoms with Crippen LogP contribution in [0.25, 0.3) is 0 Å². The summed E-state index contributed by atoms with van der Waals surface area (Å²) in [4.78, 5) is 0. The highest BCUT2D eigenvalue weighted by Crippen LogP contribution is 1.81. The summed E-state index contributed by atoms with van der Waals surface area (Å²) in [6, 6.07) is 0. The van der Waals surface area contributed by atoms with Crippen LogP contribution < -0.4 is 11.2 Å². The van der Waals surface area contributed by atoms with Crippen molar-refractivity contribution in [2.45, 2.75) is 0 Å². The highest BCUT2D eigenvalue weighted by molar-refractivity contribution is 4.85. The Hall–Kier alpha value is -0.900. The monoisotopic (exact) mass is 85.1 g/mol. The third-order valence-electron chi connectivity index (χ3n) is 0.485. The molecule has 0 unspecified atom stereocenters. The van der Waals surface area contributed by atoms with Gasteiger partial charge in [-0.3, -0.25) is 0 Å². The number of quaternary nitrogens is 1. The molecule has 4 nitrogen and oxygen atoms in total. The predicted molar refractivity (Wildman–Crippen MR) is 19.1 cm³/mol. The summed E-state index contributed by atoms with van der Waals surface area (Å²) in [6.45, 7) is 0. The smallest absolute Gasteiger partial charge is 0.207 e. The summed E-state index contributed by atoms with van der Waals surface area (Å²) >= 11 is 0. The number of rotatable bonds is 0. The van der Waals surface area contributed by atoms with Crippen molar-refractivity contribution >= 4 is 0 Å². The maximum absolute atomic E-state index is 5.10. The third-order valence-corrected chi connectivity index (χ3v) is 0.485. The van der Waals surface area contributed by atoms with E-state index < -0.39 is 0 Å². The zero-order valence-electron chi connectivity index (χ0n) is 3.13. The molecule has 0 aromatic heterocycles. The fourth-order valence-electron chi connectivity index (χ4n) is 0.243. The molecule has 4 N–H and O–H groups in total. The van der Waals surface area contributed by atoms with Gasteiger partial charge in [-0.05, 0) is 0 Å². The normalized spacial score (nSPS) is 18.3. The number of hydrogen-bond donors (Lipinski definition) is 2. The van der Waals surface area contributed by atoms with Crippen molar-refractivity contribution in [3.63, 3.8) is 0 Å². The Morgan fingerprint density at radius 2 is 2.67 bits per heavy atom. The Morgan fingerprint density at radius 3 is 2.83 bits per heavy atom. The first-order chi connectivity index (χ1) is 2.89. The molecule has 0 aliphatic carbocycles. The van der Waals surface area contributed by atoms with E-state index in [0.717, 1.165) is 0 Å². The van der Waals surface area contributed by atoms with Gasteiger partial charge in [-0.1, -0.05) is 5.11 Å². The molecule has 0 bridgehead atoms. The van der Waals surface area contributed by atoms with E-state index in [1.165, 1.54) is 0 Å². The minimum atomic E-state index is 0.481. The fourth-order valence-corrected chi connectivity index (χ4v) is 0.243. The fraction of sp³-hybridized carbons (Fsp3) is 0. The molecule has 0 spiro atoms. The van der Waals surface area contributed by atoms with Gasteiger partial charge in [0.05, 0.1) is 0 Å². The van der Waals surface area contributed by atoms with Crippen molar-refractivity contribution in [2.24, 2.45) is 16.1 Å². The van der Waals surface area contributed by atoms with E-state index in [0.29, 0.717) is 5.82 Å². The van der Waals surface area contributed by atoms with Crippen LogP contribution in [0.2, 0.25) is 0 Å². The van der Waals surface area contributed by atoms with Crippen LogP contribution in [-0.4, -0.2) is 0 Å². The molecule has 1 heterocycles. The van der Waals surface area contributed by atoms with Gasteiger partial charge in [-0.2, -0.15) is 5.43 Å². The molecule has 0 saturated heterocycles. The van der Waals surface area contributed by atoms with Crippen molar-refractivity contribution in [2.75, 3.05) is 0 Å². The average Bonchev–Trinajstić information content (AvgIpc) is 1.86. The van der Waals surface area contributed by atoms with Crippen LogP contribution in [0.4, 0.5) is 0 Å². The lowest BCUT2D eigenvalue weighted by atomic mass is 10.8. The largest absolute Gasteiger partial charge is 0.378 e. The molecule has 0 saturated carbocycles. The van der Waals surface area contributed by atoms with Crippen LogP contribution in [0.1, 0.15) is 0 Å². The molecule has 0 aromatic rings. The van der Waals surface area contributed by atoms with Crippen LogP contribution in [0.3, 0.4) is 0 Å². The zero-order valence-corrected chi connectivity index (χ0v) is 3.13. The van der Waals surface area contributed by atoms with Gasteiger partial charge in [-0.15, -0.1) is 0 Å². The Morgan fingerprint density at radius 1 is 1.83 bits per heavy atom. The Labute approximate surface area is 34.7 Å². The number of hydrogen-bond acceptors (Lipinski definition) is 3. The molecular formula is C2H5N4+. The summed E-state index contributed by atoms with van der Waals surface area (Å²) in [6.07, 6.45) is 1.64. The van der Waals surface area contributed by atoms with E-state index in [9.17, 15) is 0 Å². The van der Waals surface area contributed by atoms with E-state index in [-0.39, 0.29) is 0 Å². The van der Waals surface area contributed by atoms with E-state index in [1.807, 2.05) is 0 Å². The van der Waals surface area contributed by atoms with Crippen LogP contribution in [-0.2, 0) is 0 Å². The van der Waals surface area contributed by atoms with Gasteiger partial charge in [-0.25, -0.2) is 0 Å². The summed E-state index contributed by atoms with van der Waals surface area (Å²) < 4.78 is 0. The second kappa shape index (κ2) is 1.06. The molecule has 0 fully saturated rings. The first-order valence-corrected chi connectivity index (χ1v) is 1.59. The number of nitrogens with two attached hydrogens (primary N) is 2. The van der Waals surface area contributed by atoms with Gasteiger partial charge < -0.3 is 5.73 Å². The van der Waals surface area contributed by atoms with Gasteiger partial charge in [0, 0.05) is 5.22 Å². The predicted octanol–water partition coefficient (Wildman–Crippen LogP) is -1.31. The quantitative estimate of drug-likeness (QED) is 0.352. The van der Waals surface area contributed by atoms with Gasteiger partial charge in [0.2, 0.25) is 5.82 Å². The topological polar surface area (TPSA) is 67.3 Å². The summed E-state index contributed by atoms with van der Waals surface area (Å²) in [5.41, 5.74) is 6.66. The molecule has 1 aliphatic rings. The minimum Gasteiger partial charge on any atom is -0.378 e. The Bertz CT molecular complexity index is 99.4. The molecule has 0 amide bonds. The Balaban J connectivity index is 2.68. The molecule has 1 aliphatic heterocycles. The molecule has 1 rings (SSSR count). The van der Waals surface area contributed by atoms with Crippen molar-refractivity contribution in [3.8, 4) is 0 Å². The third kappa shape index (κ3) is 0.367. The summed E-state index contributed by atoms with van der Waals surface area (Å²) in [5.74, 6) is 0.481. The Kier molecular flexibility index (Phi) is 0.582. The minimum absolute atomic E-state index is 0.481. The first kappa shape index (κ1) is 3.30. The van der Waals surface area contributed by atoms with E-state index in [2.05, 4.69) is 10.3 Å². The van der Waals surface area contributed by atoms with Gasteiger partial charge >= 0.3 is 0 Å². The van der Waals surface area contributed by atoms with Gasteiger partial charge in [0.25, 0.3) is 0 Å². The van der Waals surface area contributed by atoms with Gasteiger partial charge in [0.1, 0.15) is 0 Å². The van der Waals surface area contributed by atoms with Crippen LogP contribution in [0.5, 0.6) is 0 Å². The standard InChI is InChI=1S/C2H4N4/c3-2-1-4-6-5-2/h1H,(H3,3,4,5,6)/p+1. The second-order valence-corrected chi connectivity index (χ2v) is 0.956. The lowest BCUT2D eigenvalue weighted by molar-refractivity contribution is -0.595. The van der Waals surface area contributed by atoms with E-state index in [4.69, 9.17) is 5.73 Å². The van der Waals surface area contributed by atoms with Crippen LogP contribution in [0, 0.1) is 0 Å². The van der Waals surface area contributed by atoms with E-state index in [1.54, 1.807) is 11.6 Å². The van der Waals surface area contributed by atoms with Crippen molar-refractivity contribution in [1.29, 1.82) is 0 Å². The highest BCUT2D eigenvalue weighted by Gasteiger charge is 1.92. The summed E-state index contributed by atoms with van der Waals surface area (Å²) in [5, 5.41) is 6.89. The highest BCUT2D eigenvalue weighted by atomic mass is 15.5. The zero-order chi connectivity index (χ0) is 4.41. The molecule has 6 heavy (non-hydrogen) atoms. The molecule has 4 heteroatoms. The molecule has 0 radical (unpaired) electrons. The second-order valence-electron chi connectivity index (χ2n) is 0.956. The van der Waals surface area contributed by atoms with Crippen LogP contribution >= 0.6 is 0 Å².